The number of Topliss-reactive ketones (excluding diaryl/α,β-unsaturated/α-hetero) is 1. The fraction of sp³-hybridized carbons (Fsp3) is 0.758. The Hall–Kier alpha value is -2.14. The molecule has 0 fully saturated rings. The van der Waals surface area contributed by atoms with Crippen molar-refractivity contribution < 1.29 is 61.1 Å². The largest absolute Gasteiger partial charge is 0.497 e. The number of carbonyl (C=O) groups is 1. The molecule has 0 spiro atoms. The summed E-state index contributed by atoms with van der Waals surface area (Å²) < 4.78 is 70.5. The molecule has 0 aliphatic heterocycles. The Labute approximate surface area is 478 Å². The highest BCUT2D eigenvalue weighted by Crippen LogP contribution is 2.43. The molecule has 2 rings (SSSR count). The lowest BCUT2D eigenvalue weighted by molar-refractivity contribution is -0.152. The normalized spacial score (nSPS) is 17.2. The average molecular weight is 1150 g/mol. The van der Waals surface area contributed by atoms with Gasteiger partial charge in [-0.3, -0.25) is 4.79 Å². The summed E-state index contributed by atoms with van der Waals surface area (Å²) in [6.45, 7) is 42.7. The van der Waals surface area contributed by atoms with Gasteiger partial charge in [0.05, 0.1) is 75.6 Å². The van der Waals surface area contributed by atoms with Crippen molar-refractivity contribution in [1.82, 2.24) is 0 Å². The summed E-state index contributed by atoms with van der Waals surface area (Å²) in [6.07, 6.45) is -0.677. The second kappa shape index (κ2) is 32.1. The molecule has 16 heteroatoms. The number of rotatable bonds is 37. The van der Waals surface area contributed by atoms with Crippen LogP contribution in [-0.2, 0) is 64.4 Å². The van der Waals surface area contributed by atoms with Crippen LogP contribution >= 0.6 is 0 Å². The topological polar surface area (TPSA) is 139 Å². The molecule has 2 aromatic rings. The van der Waals surface area contributed by atoms with Gasteiger partial charge in [-0.05, 0) is 96.6 Å². The van der Waals surface area contributed by atoms with Gasteiger partial charge in [-0.25, -0.2) is 0 Å². The Morgan fingerprint density at radius 2 is 1.14 bits per heavy atom. The first kappa shape index (κ1) is 72.0. The first-order valence-electron chi connectivity index (χ1n) is 28.5. The van der Waals surface area contributed by atoms with Gasteiger partial charge < -0.3 is 56.3 Å². The third-order valence-electron chi connectivity index (χ3n) is 17.3. The van der Waals surface area contributed by atoms with E-state index in [9.17, 15) is 5.11 Å². The van der Waals surface area contributed by atoms with Crippen molar-refractivity contribution in [2.45, 2.75) is 239 Å². The minimum atomic E-state index is -2.68. The lowest BCUT2D eigenvalue weighted by Crippen LogP contribution is -2.56. The van der Waals surface area contributed by atoms with E-state index in [-0.39, 0.29) is 46.1 Å². The molecule has 0 aliphatic carbocycles. The van der Waals surface area contributed by atoms with Crippen LogP contribution in [0.1, 0.15) is 133 Å². The van der Waals surface area contributed by atoms with E-state index in [4.69, 9.17) is 51.2 Å². The number of aliphatic hydroxyl groups excluding tert-OH is 1. The van der Waals surface area contributed by atoms with Crippen molar-refractivity contribution in [3.63, 3.8) is 0 Å². The summed E-state index contributed by atoms with van der Waals surface area (Å²) in [7, 11) is 0.940. The fourth-order valence-electron chi connectivity index (χ4n) is 8.34. The molecular weight excluding hydrogens is 1040 g/mol. The predicted octanol–water partition coefficient (Wildman–Crippen LogP) is 14.1. The molecular formula is C62H112O13Si3. The van der Waals surface area contributed by atoms with E-state index in [0.717, 1.165) is 28.9 Å². The van der Waals surface area contributed by atoms with Crippen LogP contribution in [0.25, 0.3) is 0 Å². The minimum Gasteiger partial charge on any atom is -0.497 e. The molecule has 0 radical (unpaired) electrons. The van der Waals surface area contributed by atoms with Gasteiger partial charge in [0.1, 0.15) is 24.8 Å². The Kier molecular flexibility index (Phi) is 29.6. The molecule has 450 valence electrons. The number of carbonyl (C=O) groups excluding carboxylic acids is 1. The molecule has 0 unspecified atom stereocenters. The van der Waals surface area contributed by atoms with Crippen molar-refractivity contribution in [1.29, 1.82) is 0 Å². The molecule has 0 heterocycles. The first-order valence-corrected chi connectivity index (χ1v) is 37.2. The molecule has 2 aromatic carbocycles. The molecule has 78 heavy (non-hydrogen) atoms. The maximum atomic E-state index is 15.7. The van der Waals surface area contributed by atoms with E-state index in [1.165, 1.54) is 0 Å². The van der Waals surface area contributed by atoms with Gasteiger partial charge >= 0.3 is 0 Å². The second-order valence-electron chi connectivity index (χ2n) is 26.7. The van der Waals surface area contributed by atoms with Gasteiger partial charge in [0, 0.05) is 60.0 Å². The number of ketones is 1. The van der Waals surface area contributed by atoms with Crippen molar-refractivity contribution in [2.75, 3.05) is 55.6 Å². The molecule has 1 N–H and O–H groups in total. The quantitative estimate of drug-likeness (QED) is 0.0390. The van der Waals surface area contributed by atoms with Crippen LogP contribution in [0.5, 0.6) is 5.75 Å². The van der Waals surface area contributed by atoms with Gasteiger partial charge in [-0.1, -0.05) is 132 Å². The molecule has 0 saturated carbocycles. The number of ether oxygens (including phenoxy) is 8. The molecule has 0 bridgehead atoms. The van der Waals surface area contributed by atoms with Crippen LogP contribution in [-0.4, -0.2) is 140 Å². The highest BCUT2D eigenvalue weighted by molar-refractivity contribution is 6.75. The van der Waals surface area contributed by atoms with Crippen LogP contribution in [0.15, 0.2) is 66.2 Å². The van der Waals surface area contributed by atoms with E-state index in [2.05, 4.69) is 134 Å². The fourth-order valence-corrected chi connectivity index (χ4v) is 12.0. The zero-order chi connectivity index (χ0) is 59.5. The maximum absolute atomic E-state index is 15.7. The van der Waals surface area contributed by atoms with Crippen LogP contribution in [0, 0.1) is 11.3 Å². The lowest BCUT2D eigenvalue weighted by atomic mass is 9.76. The zero-order valence-electron chi connectivity index (χ0n) is 53.4. The second-order valence-corrected chi connectivity index (χ2v) is 41.0. The summed E-state index contributed by atoms with van der Waals surface area (Å²) in [5.74, 6) is 0.672. The first-order chi connectivity index (χ1) is 36.0. The summed E-state index contributed by atoms with van der Waals surface area (Å²) in [5, 5.41) is 12.1. The van der Waals surface area contributed by atoms with Crippen LogP contribution < -0.4 is 4.74 Å². The molecule has 9 atom stereocenters. The molecule has 0 saturated heterocycles. The number of hydrogen-bond donors (Lipinski definition) is 1. The number of hydrogen-bond acceptors (Lipinski definition) is 13. The summed E-state index contributed by atoms with van der Waals surface area (Å²) in [4.78, 5) is 15.7. The average Bonchev–Trinajstić information content (AvgIpc) is 3.36. The third kappa shape index (κ3) is 22.6. The Balaban J connectivity index is 2.64. The molecule has 13 nitrogen and oxygen atoms in total. The summed E-state index contributed by atoms with van der Waals surface area (Å²) in [6, 6.07) is 18.0. The Morgan fingerprint density at radius 1 is 0.603 bits per heavy atom. The Bertz CT molecular complexity index is 2030. The molecule has 0 aromatic heterocycles. The third-order valence-corrected chi connectivity index (χ3v) is 30.8. The van der Waals surface area contributed by atoms with Crippen molar-refractivity contribution >= 4 is 30.7 Å². The van der Waals surface area contributed by atoms with Gasteiger partial charge in [0.25, 0.3) is 0 Å². The van der Waals surface area contributed by atoms with Gasteiger partial charge in [0.15, 0.2) is 30.7 Å². The van der Waals surface area contributed by atoms with Crippen LogP contribution in [0.4, 0.5) is 0 Å². The summed E-state index contributed by atoms with van der Waals surface area (Å²) in [5.41, 5.74) is 1.86. The monoisotopic (exact) mass is 1150 g/mol. The molecule has 0 aliphatic rings. The SMILES string of the molecule is CC[C@H](/C=C(/C)[C@H](C[C@H](C[C@H](O)C(C)(C)C(=O)[C@H](O[Si](C)(C)C(C)(C)C)[C@@H](C[C@H](C[C@@H](OC)[C@@H](CO[Si](C)(C)C(C)(C)C)OCOC)O[Si](C)(C)C(C)(C)C)OC)OC)OCc1ccc(OC)cc1)COCc1ccccc1. The highest BCUT2D eigenvalue weighted by atomic mass is 28.4. The zero-order valence-corrected chi connectivity index (χ0v) is 56.4. The number of methoxy groups -OCH3 is 5. The molecule has 0 amide bonds. The number of benzene rings is 2. The predicted molar refractivity (Wildman–Crippen MR) is 325 cm³/mol. The van der Waals surface area contributed by atoms with Gasteiger partial charge in [-0.15, -0.1) is 0 Å². The van der Waals surface area contributed by atoms with Crippen molar-refractivity contribution in [3.8, 4) is 5.75 Å². The van der Waals surface area contributed by atoms with Gasteiger partial charge in [0.2, 0.25) is 0 Å². The standard InChI is InChI=1S/C62H112O13Si3/c1-25-46(40-70-41-47-29-27-26-28-30-47)35-45(2)52(71-42-48-31-33-49(66-15)34-32-48)36-50(67-16)39-56(63)62(12,13)58(64)57(75-78(23,24)61(9,10)11)54(69-18)38-51(74-77(21,22)60(6,7)8)37-53(68-17)55(72-44-65-14)43-73-76(19,20)59(3,4)5/h26-35,46,50-57,63H,25,36-44H2,1-24H3/b45-35-/t46-,50-,51+,52+,53-,54-,55-,56+,57-/m1/s1. The van der Waals surface area contributed by atoms with E-state index >= 15 is 4.79 Å². The smallest absolute Gasteiger partial charge is 0.193 e. The Morgan fingerprint density at radius 3 is 1.64 bits per heavy atom. The van der Waals surface area contributed by atoms with Gasteiger partial charge in [-0.2, -0.15) is 0 Å². The van der Waals surface area contributed by atoms with E-state index in [1.807, 2.05) is 56.3 Å². The lowest BCUT2D eigenvalue weighted by Gasteiger charge is -2.45. The maximum Gasteiger partial charge on any atom is 0.193 e. The number of aliphatic hydroxyl groups is 1. The van der Waals surface area contributed by atoms with Crippen molar-refractivity contribution in [2.24, 2.45) is 11.3 Å². The van der Waals surface area contributed by atoms with Crippen molar-refractivity contribution in [3.05, 3.63) is 77.4 Å². The van der Waals surface area contributed by atoms with E-state index in [1.54, 1.807) is 35.5 Å². The minimum absolute atomic E-state index is 0.0123. The summed E-state index contributed by atoms with van der Waals surface area (Å²) >= 11 is 0. The van der Waals surface area contributed by atoms with E-state index in [0.29, 0.717) is 45.7 Å². The van der Waals surface area contributed by atoms with Crippen LogP contribution in [0.3, 0.4) is 0 Å². The van der Waals surface area contributed by atoms with E-state index < -0.39 is 73.1 Å². The van der Waals surface area contributed by atoms with Crippen LogP contribution in [0.2, 0.25) is 54.4 Å². The highest BCUT2D eigenvalue weighted by Gasteiger charge is 2.50.